The van der Waals surface area contributed by atoms with Gasteiger partial charge in [-0.15, -0.1) is 0 Å². The highest BCUT2D eigenvalue weighted by atomic mass is 15.1. The van der Waals surface area contributed by atoms with Gasteiger partial charge in [-0.3, -0.25) is 9.98 Å². The van der Waals surface area contributed by atoms with E-state index in [-0.39, 0.29) is 0 Å². The highest BCUT2D eigenvalue weighted by Gasteiger charge is 2.04. The highest BCUT2D eigenvalue weighted by molar-refractivity contribution is 5.99. The van der Waals surface area contributed by atoms with Gasteiger partial charge in [0.25, 0.3) is 0 Å². The molecule has 0 saturated carbocycles. The van der Waals surface area contributed by atoms with Crippen molar-refractivity contribution in [2.24, 2.45) is 21.5 Å². The number of anilines is 2. The van der Waals surface area contributed by atoms with Crippen molar-refractivity contribution >= 4 is 45.1 Å². The maximum atomic E-state index is 5.98. The van der Waals surface area contributed by atoms with E-state index < -0.39 is 0 Å². The number of nitrogens with one attached hydrogen (secondary N) is 2. The quantitative estimate of drug-likeness (QED) is 0.191. The fourth-order valence-corrected chi connectivity index (χ4v) is 3.07. The number of hydrogen-bond donors (Lipinski definition) is 4. The van der Waals surface area contributed by atoms with Gasteiger partial charge in [0.2, 0.25) is 0 Å². The molecule has 7 nitrogen and oxygen atoms in total. The van der Waals surface area contributed by atoms with Crippen LogP contribution in [0.5, 0.6) is 0 Å². The van der Waals surface area contributed by atoms with E-state index in [0.29, 0.717) is 11.9 Å². The number of unbranched alkanes of at least 4 members (excludes halogenated alkanes) is 2. The molecule has 0 unspecified atom stereocenters. The van der Waals surface area contributed by atoms with Crippen LogP contribution in [0.4, 0.5) is 11.4 Å². The van der Waals surface area contributed by atoms with Crippen molar-refractivity contribution in [2.45, 2.75) is 39.5 Å². The number of benzene rings is 2. The third-order valence-electron chi connectivity index (χ3n) is 4.75. The summed E-state index contributed by atoms with van der Waals surface area (Å²) in [5, 5.41) is 8.42. The highest BCUT2D eigenvalue weighted by Crippen LogP contribution is 2.24. The molecule has 0 bridgehead atoms. The number of hydrogen-bond acceptors (Lipinski definition) is 3. The Morgan fingerprint density at radius 1 is 0.767 bits per heavy atom. The van der Waals surface area contributed by atoms with Crippen molar-refractivity contribution in [1.82, 2.24) is 4.98 Å². The number of pyridine rings is 1. The zero-order chi connectivity index (χ0) is 21.3. The van der Waals surface area contributed by atoms with Gasteiger partial charge in [-0.2, -0.15) is 0 Å². The van der Waals surface area contributed by atoms with Gasteiger partial charge in [-0.1, -0.05) is 38.8 Å². The fourth-order valence-electron chi connectivity index (χ4n) is 3.07. The molecule has 0 fully saturated rings. The molecule has 0 aliphatic carbocycles. The normalized spacial score (nSPS) is 12.5. The lowest BCUT2D eigenvalue weighted by Crippen LogP contribution is -2.22. The molecule has 0 aliphatic heterocycles. The molecular formula is C23H31N7. The predicted octanol–water partition coefficient (Wildman–Crippen LogP) is 4.44. The molecule has 7 heteroatoms. The molecule has 0 radical (unpaired) electrons. The van der Waals surface area contributed by atoms with Crippen LogP contribution in [0.25, 0.3) is 21.8 Å². The van der Waals surface area contributed by atoms with Crippen LogP contribution in [-0.2, 0) is 0 Å². The van der Waals surface area contributed by atoms with Crippen molar-refractivity contribution in [3.8, 4) is 0 Å². The zero-order valence-electron chi connectivity index (χ0n) is 17.8. The summed E-state index contributed by atoms with van der Waals surface area (Å²) >= 11 is 0. The molecule has 0 spiro atoms. The van der Waals surface area contributed by atoms with E-state index in [1.54, 1.807) is 0 Å². The van der Waals surface area contributed by atoms with Crippen LogP contribution in [-0.4, -0.2) is 30.0 Å². The molecule has 3 aromatic rings. The van der Waals surface area contributed by atoms with Gasteiger partial charge < -0.3 is 22.1 Å². The summed E-state index contributed by atoms with van der Waals surface area (Å²) in [6.07, 6.45) is 4.24. The minimum Gasteiger partial charge on any atom is -0.370 e. The van der Waals surface area contributed by atoms with E-state index in [0.717, 1.165) is 72.0 Å². The number of nitrogens with two attached hydrogens (primary N) is 2. The van der Waals surface area contributed by atoms with Crippen LogP contribution in [0, 0.1) is 0 Å². The first-order valence-corrected chi connectivity index (χ1v) is 10.6. The lowest BCUT2D eigenvalue weighted by atomic mass is 10.1. The molecular weight excluding hydrogens is 374 g/mol. The predicted molar refractivity (Wildman–Crippen MR) is 129 cm³/mol. The number of aliphatic imine (C=N–C) groups is 2. The van der Waals surface area contributed by atoms with E-state index >= 15 is 0 Å². The summed E-state index contributed by atoms with van der Waals surface area (Å²) in [7, 11) is 0. The number of guanidine groups is 2. The van der Waals surface area contributed by atoms with Crippen molar-refractivity contribution in [3.63, 3.8) is 0 Å². The Bertz CT molecular complexity index is 975. The molecule has 0 amide bonds. The summed E-state index contributed by atoms with van der Waals surface area (Å²) < 4.78 is 0. The first kappa shape index (κ1) is 21.4. The number of fused-ring (bicyclic) bond motifs is 2. The second-order valence-electron chi connectivity index (χ2n) is 7.29. The first-order valence-electron chi connectivity index (χ1n) is 10.6. The van der Waals surface area contributed by atoms with Gasteiger partial charge in [-0.25, -0.2) is 4.98 Å². The molecule has 0 saturated heterocycles. The summed E-state index contributed by atoms with van der Waals surface area (Å²) in [6, 6.07) is 14.1. The van der Waals surface area contributed by atoms with Crippen LogP contribution in [0.2, 0.25) is 0 Å². The van der Waals surface area contributed by atoms with Gasteiger partial charge >= 0.3 is 0 Å². The Balaban J connectivity index is 1.81. The SMILES string of the molecule is CCCCN=C(N)Nc1ccc2cc3ccc(NC(N)=NCCCC)cc3nc2c1. The topological polar surface area (TPSA) is 114 Å². The summed E-state index contributed by atoms with van der Waals surface area (Å²) in [5.74, 6) is 0.848. The smallest absolute Gasteiger partial charge is 0.193 e. The Kier molecular flexibility index (Phi) is 7.43. The molecule has 0 atom stereocenters. The molecule has 158 valence electrons. The maximum Gasteiger partial charge on any atom is 0.193 e. The van der Waals surface area contributed by atoms with E-state index in [2.05, 4.69) is 40.5 Å². The van der Waals surface area contributed by atoms with Crippen LogP contribution in [0.1, 0.15) is 39.5 Å². The summed E-state index contributed by atoms with van der Waals surface area (Å²) in [6.45, 7) is 5.72. The van der Waals surface area contributed by atoms with Gasteiger partial charge in [0.15, 0.2) is 11.9 Å². The van der Waals surface area contributed by atoms with Crippen molar-refractivity contribution < 1.29 is 0 Å². The van der Waals surface area contributed by atoms with Gasteiger partial charge in [0.05, 0.1) is 11.0 Å². The number of aromatic nitrogens is 1. The van der Waals surface area contributed by atoms with Crippen molar-refractivity contribution in [2.75, 3.05) is 23.7 Å². The summed E-state index contributed by atoms with van der Waals surface area (Å²) in [4.78, 5) is 13.5. The van der Waals surface area contributed by atoms with E-state index in [1.807, 2.05) is 36.4 Å². The van der Waals surface area contributed by atoms with Crippen molar-refractivity contribution in [1.29, 1.82) is 0 Å². The van der Waals surface area contributed by atoms with Crippen LogP contribution >= 0.6 is 0 Å². The average molecular weight is 406 g/mol. The minimum atomic E-state index is 0.424. The molecule has 1 aromatic heterocycles. The third kappa shape index (κ3) is 5.83. The van der Waals surface area contributed by atoms with Crippen molar-refractivity contribution in [3.05, 3.63) is 42.5 Å². The molecule has 0 aliphatic rings. The Hall–Kier alpha value is -3.35. The van der Waals surface area contributed by atoms with E-state index in [4.69, 9.17) is 16.5 Å². The molecule has 30 heavy (non-hydrogen) atoms. The van der Waals surface area contributed by atoms with Gasteiger partial charge in [-0.05, 0) is 43.2 Å². The van der Waals surface area contributed by atoms with E-state index in [1.165, 1.54) is 0 Å². The van der Waals surface area contributed by atoms with E-state index in [9.17, 15) is 0 Å². The van der Waals surface area contributed by atoms with Gasteiger partial charge in [0.1, 0.15) is 0 Å². The molecule has 3 rings (SSSR count). The Labute approximate surface area is 177 Å². The average Bonchev–Trinajstić information content (AvgIpc) is 2.72. The number of nitrogens with zero attached hydrogens (tertiary/aromatic N) is 3. The third-order valence-corrected chi connectivity index (χ3v) is 4.75. The van der Waals surface area contributed by atoms with Crippen LogP contribution in [0.15, 0.2) is 52.4 Å². The summed E-state index contributed by atoms with van der Waals surface area (Å²) in [5.41, 5.74) is 15.5. The second kappa shape index (κ2) is 10.4. The standard InChI is InChI=1S/C23H31N7/c1-3-5-11-26-22(24)28-18-9-7-16-13-17-8-10-19(15-21(17)30-20(16)14-18)29-23(25)27-12-6-4-2/h7-10,13-15H,3-6,11-12H2,1-2H3,(H3,24,26,28)(H3,25,27,29). The lowest BCUT2D eigenvalue weighted by molar-refractivity contribution is 0.807. The lowest BCUT2D eigenvalue weighted by Gasteiger charge is -2.09. The van der Waals surface area contributed by atoms with Crippen LogP contribution in [0.3, 0.4) is 0 Å². The molecule has 2 aromatic carbocycles. The largest absolute Gasteiger partial charge is 0.370 e. The minimum absolute atomic E-state index is 0.424. The Morgan fingerprint density at radius 3 is 1.67 bits per heavy atom. The number of rotatable bonds is 8. The van der Waals surface area contributed by atoms with Crippen LogP contribution < -0.4 is 22.1 Å². The zero-order valence-corrected chi connectivity index (χ0v) is 17.8. The molecule has 1 heterocycles. The Morgan fingerprint density at radius 2 is 1.23 bits per heavy atom. The van der Waals surface area contributed by atoms with Gasteiger partial charge in [0, 0.05) is 35.2 Å². The monoisotopic (exact) mass is 405 g/mol. The fraction of sp³-hybridized carbons (Fsp3) is 0.348. The first-order chi connectivity index (χ1) is 14.6. The second-order valence-corrected chi connectivity index (χ2v) is 7.29. The maximum absolute atomic E-state index is 5.98. The molecule has 6 N–H and O–H groups in total.